The molecule has 3 aromatic rings. The predicted molar refractivity (Wildman–Crippen MR) is 127 cm³/mol. The van der Waals surface area contributed by atoms with Gasteiger partial charge in [0.05, 0.1) is 17.1 Å². The third kappa shape index (κ3) is 5.17. The quantitative estimate of drug-likeness (QED) is 0.448. The molecule has 1 fully saturated rings. The second-order valence-corrected chi connectivity index (χ2v) is 9.21. The molecule has 0 aromatic carbocycles. The Labute approximate surface area is 200 Å². The van der Waals surface area contributed by atoms with E-state index < -0.39 is 5.97 Å². The van der Waals surface area contributed by atoms with Crippen LogP contribution in [0.3, 0.4) is 0 Å². The minimum absolute atomic E-state index is 0.165. The molecular formula is C22H25IN6O3. The van der Waals surface area contributed by atoms with E-state index in [4.69, 9.17) is 14.8 Å². The highest BCUT2D eigenvalue weighted by Gasteiger charge is 2.24. The van der Waals surface area contributed by atoms with E-state index in [1.165, 1.54) is 0 Å². The third-order valence-electron chi connectivity index (χ3n) is 5.62. The normalized spacial score (nSPS) is 16.2. The van der Waals surface area contributed by atoms with Crippen LogP contribution in [0.1, 0.15) is 30.7 Å². The molecule has 168 valence electrons. The minimum Gasteiger partial charge on any atom is -0.481 e. The van der Waals surface area contributed by atoms with E-state index in [0.29, 0.717) is 11.6 Å². The number of rotatable bonds is 7. The number of halogens is 1. The number of ether oxygens (including phenoxy) is 1. The zero-order valence-electron chi connectivity index (χ0n) is 18.0. The first-order valence-corrected chi connectivity index (χ1v) is 11.6. The molecule has 0 radical (unpaired) electrons. The Morgan fingerprint density at radius 2 is 2.19 bits per heavy atom. The molecule has 0 aliphatic carbocycles. The number of carboxylic acid groups (broad SMARTS) is 1. The standard InChI is InChI=1S/C22H25IN6O3/c1-14-18(29-9-3-4-15(12-29)10-21(30)31)6-5-17(25-14)22-19(28(2)27-26-22)13-32-20-11-16(23)7-8-24-20/h5-8,11,15H,3-4,9-10,12-13H2,1-2H3,(H,30,31). The summed E-state index contributed by atoms with van der Waals surface area (Å²) < 4.78 is 8.60. The zero-order chi connectivity index (χ0) is 22.7. The lowest BCUT2D eigenvalue weighted by Gasteiger charge is -2.34. The molecule has 0 amide bonds. The number of carbonyl (C=O) groups is 1. The number of piperidine rings is 1. The maximum Gasteiger partial charge on any atom is 0.303 e. The van der Waals surface area contributed by atoms with Crippen molar-refractivity contribution in [1.29, 1.82) is 0 Å². The van der Waals surface area contributed by atoms with Crippen molar-refractivity contribution in [3.05, 3.63) is 45.4 Å². The van der Waals surface area contributed by atoms with E-state index in [9.17, 15) is 4.79 Å². The molecule has 0 saturated carbocycles. The smallest absolute Gasteiger partial charge is 0.303 e. The zero-order valence-corrected chi connectivity index (χ0v) is 20.2. The third-order valence-corrected chi connectivity index (χ3v) is 6.29. The van der Waals surface area contributed by atoms with Gasteiger partial charge >= 0.3 is 5.97 Å². The molecule has 32 heavy (non-hydrogen) atoms. The lowest BCUT2D eigenvalue weighted by molar-refractivity contribution is -0.138. The van der Waals surface area contributed by atoms with Crippen molar-refractivity contribution in [2.75, 3.05) is 18.0 Å². The summed E-state index contributed by atoms with van der Waals surface area (Å²) >= 11 is 2.22. The van der Waals surface area contributed by atoms with Crippen LogP contribution in [0.4, 0.5) is 5.69 Å². The number of nitrogens with zero attached hydrogens (tertiary/aromatic N) is 6. The van der Waals surface area contributed by atoms with Gasteiger partial charge in [-0.05, 0) is 66.5 Å². The lowest BCUT2D eigenvalue weighted by atomic mass is 9.94. The molecule has 1 aliphatic heterocycles. The number of aromatic nitrogens is 5. The van der Waals surface area contributed by atoms with Gasteiger partial charge < -0.3 is 14.7 Å². The molecule has 3 aromatic heterocycles. The molecule has 1 atom stereocenters. The lowest BCUT2D eigenvalue weighted by Crippen LogP contribution is -2.36. The van der Waals surface area contributed by atoms with Gasteiger partial charge in [-0.2, -0.15) is 0 Å². The summed E-state index contributed by atoms with van der Waals surface area (Å²) in [7, 11) is 1.83. The van der Waals surface area contributed by atoms with Crippen LogP contribution in [0.25, 0.3) is 11.4 Å². The van der Waals surface area contributed by atoms with E-state index in [-0.39, 0.29) is 18.9 Å². The van der Waals surface area contributed by atoms with Crippen molar-refractivity contribution in [2.24, 2.45) is 13.0 Å². The summed E-state index contributed by atoms with van der Waals surface area (Å²) in [6.07, 6.45) is 3.85. The summed E-state index contributed by atoms with van der Waals surface area (Å²) in [5, 5.41) is 17.6. The Kier molecular flexibility index (Phi) is 6.87. The van der Waals surface area contributed by atoms with Gasteiger partial charge in [0.25, 0.3) is 0 Å². The van der Waals surface area contributed by atoms with Crippen molar-refractivity contribution >= 4 is 34.2 Å². The number of pyridine rings is 2. The maximum atomic E-state index is 11.1. The van der Waals surface area contributed by atoms with Gasteiger partial charge in [-0.25, -0.2) is 14.6 Å². The van der Waals surface area contributed by atoms with Gasteiger partial charge in [0.2, 0.25) is 5.88 Å². The monoisotopic (exact) mass is 548 g/mol. The number of carboxylic acids is 1. The largest absolute Gasteiger partial charge is 0.481 e. The van der Waals surface area contributed by atoms with Crippen LogP contribution in [0.5, 0.6) is 5.88 Å². The van der Waals surface area contributed by atoms with Crippen LogP contribution < -0.4 is 9.64 Å². The molecule has 4 heterocycles. The summed E-state index contributed by atoms with van der Waals surface area (Å²) in [5.41, 5.74) is 4.14. The van der Waals surface area contributed by atoms with Crippen LogP contribution in [0, 0.1) is 16.4 Å². The van der Waals surface area contributed by atoms with Crippen molar-refractivity contribution in [2.45, 2.75) is 32.8 Å². The Balaban J connectivity index is 1.52. The van der Waals surface area contributed by atoms with E-state index in [1.807, 2.05) is 38.2 Å². The first-order chi connectivity index (χ1) is 15.4. The molecule has 1 aliphatic rings. The van der Waals surface area contributed by atoms with E-state index in [0.717, 1.165) is 52.3 Å². The molecule has 10 heteroatoms. The van der Waals surface area contributed by atoms with Crippen molar-refractivity contribution in [3.8, 4) is 17.3 Å². The van der Waals surface area contributed by atoms with Crippen LogP contribution >= 0.6 is 22.6 Å². The second kappa shape index (κ2) is 9.80. The van der Waals surface area contributed by atoms with Gasteiger partial charge in [-0.15, -0.1) is 5.10 Å². The highest BCUT2D eigenvalue weighted by atomic mass is 127. The second-order valence-electron chi connectivity index (χ2n) is 7.96. The topological polar surface area (TPSA) is 106 Å². The molecule has 4 rings (SSSR count). The fourth-order valence-corrected chi connectivity index (χ4v) is 4.49. The first-order valence-electron chi connectivity index (χ1n) is 10.5. The van der Waals surface area contributed by atoms with Crippen LogP contribution in [0.2, 0.25) is 0 Å². The number of anilines is 1. The number of aliphatic carboxylic acids is 1. The van der Waals surface area contributed by atoms with Crippen molar-refractivity contribution < 1.29 is 14.6 Å². The minimum atomic E-state index is -0.736. The van der Waals surface area contributed by atoms with Crippen LogP contribution in [-0.2, 0) is 18.4 Å². The number of aryl methyl sites for hydroxylation is 2. The van der Waals surface area contributed by atoms with Gasteiger partial charge in [0, 0.05) is 42.4 Å². The average molecular weight is 548 g/mol. The van der Waals surface area contributed by atoms with Gasteiger partial charge in [0.15, 0.2) is 0 Å². The number of hydrogen-bond donors (Lipinski definition) is 1. The molecule has 0 bridgehead atoms. The van der Waals surface area contributed by atoms with Crippen LogP contribution in [-0.4, -0.2) is 49.1 Å². The number of hydrogen-bond acceptors (Lipinski definition) is 7. The molecular weight excluding hydrogens is 523 g/mol. The summed E-state index contributed by atoms with van der Waals surface area (Å²) in [6.45, 7) is 3.89. The summed E-state index contributed by atoms with van der Waals surface area (Å²) in [6, 6.07) is 7.77. The highest BCUT2D eigenvalue weighted by molar-refractivity contribution is 14.1. The van der Waals surface area contributed by atoms with Gasteiger partial charge in [0.1, 0.15) is 18.0 Å². The maximum absolute atomic E-state index is 11.1. The fraction of sp³-hybridized carbons (Fsp3) is 0.409. The molecule has 0 spiro atoms. The highest BCUT2D eigenvalue weighted by Crippen LogP contribution is 2.29. The summed E-state index contributed by atoms with van der Waals surface area (Å²) in [4.78, 5) is 22.4. The van der Waals surface area contributed by atoms with E-state index in [2.05, 4.69) is 42.8 Å². The predicted octanol–water partition coefficient (Wildman–Crippen LogP) is 3.46. The summed E-state index contributed by atoms with van der Waals surface area (Å²) in [5.74, 6) is -0.0249. The molecule has 9 nitrogen and oxygen atoms in total. The Morgan fingerprint density at radius 1 is 1.34 bits per heavy atom. The molecule has 1 unspecified atom stereocenters. The first kappa shape index (κ1) is 22.4. The van der Waals surface area contributed by atoms with E-state index >= 15 is 0 Å². The van der Waals surface area contributed by atoms with Gasteiger partial charge in [-0.3, -0.25) is 4.79 Å². The SMILES string of the molecule is Cc1nc(-c2nnn(C)c2COc2cc(I)ccn2)ccc1N1CCCC(CC(=O)O)C1. The van der Waals surface area contributed by atoms with Crippen LogP contribution in [0.15, 0.2) is 30.5 Å². The average Bonchev–Trinajstić information content (AvgIpc) is 3.12. The molecule has 1 saturated heterocycles. The molecule has 1 N–H and O–H groups in total. The van der Waals surface area contributed by atoms with Crippen molar-refractivity contribution in [1.82, 2.24) is 25.0 Å². The Bertz CT molecular complexity index is 1120. The van der Waals surface area contributed by atoms with Crippen molar-refractivity contribution in [3.63, 3.8) is 0 Å². The van der Waals surface area contributed by atoms with E-state index in [1.54, 1.807) is 10.9 Å². The van der Waals surface area contributed by atoms with Gasteiger partial charge in [-0.1, -0.05) is 5.21 Å². The Hall–Kier alpha value is -2.76. The Morgan fingerprint density at radius 3 is 2.94 bits per heavy atom. The fourth-order valence-electron chi connectivity index (χ4n) is 4.06.